The minimum atomic E-state index is 0.261. The van der Waals surface area contributed by atoms with Crippen LogP contribution in [0, 0.1) is 0 Å². The number of nitrogens with zero attached hydrogens (tertiary/aromatic N) is 1. The van der Waals surface area contributed by atoms with Crippen molar-refractivity contribution >= 4 is 22.3 Å². The summed E-state index contributed by atoms with van der Waals surface area (Å²) in [4.78, 5) is 16.4. The monoisotopic (exact) mass is 286 g/mol. The van der Waals surface area contributed by atoms with Gasteiger partial charge >= 0.3 is 0 Å². The number of carbonyl (C=O) groups excluding carboxylic acids is 1. The third kappa shape index (κ3) is 2.90. The molecular formula is C16H18N2OS. The molecule has 3 rings (SSSR count). The van der Waals surface area contributed by atoms with E-state index in [-0.39, 0.29) is 5.78 Å². The standard InChI is InChI=1S/C16H18N2OS/c17-16-18-13(10-20-16)9-14(19)8-12-6-3-5-11-4-1-2-7-15(11)12/h1-2,4,7,10,12H,3,5-6,8-9H2,(H2,17,18). The van der Waals surface area contributed by atoms with Crippen molar-refractivity contribution in [3.05, 3.63) is 46.5 Å². The van der Waals surface area contributed by atoms with E-state index < -0.39 is 0 Å². The van der Waals surface area contributed by atoms with E-state index in [1.54, 1.807) is 0 Å². The predicted octanol–water partition coefficient (Wildman–Crippen LogP) is 3.35. The molecule has 20 heavy (non-hydrogen) atoms. The molecule has 2 aromatic rings. The zero-order valence-electron chi connectivity index (χ0n) is 11.3. The molecule has 2 N–H and O–H groups in total. The highest BCUT2D eigenvalue weighted by Gasteiger charge is 2.22. The predicted molar refractivity (Wildman–Crippen MR) is 82.0 cm³/mol. The van der Waals surface area contributed by atoms with Crippen molar-refractivity contribution in [2.45, 2.75) is 38.0 Å². The Balaban J connectivity index is 1.68. The Morgan fingerprint density at radius 1 is 1.40 bits per heavy atom. The number of fused-ring (bicyclic) bond motifs is 1. The summed E-state index contributed by atoms with van der Waals surface area (Å²) in [5, 5.41) is 2.41. The lowest BCUT2D eigenvalue weighted by Crippen LogP contribution is -2.15. The number of benzene rings is 1. The van der Waals surface area contributed by atoms with Gasteiger partial charge in [-0.3, -0.25) is 4.79 Å². The Bertz CT molecular complexity index is 620. The van der Waals surface area contributed by atoms with Crippen LogP contribution >= 0.6 is 11.3 Å². The summed E-state index contributed by atoms with van der Waals surface area (Å²) in [5.74, 6) is 0.639. The van der Waals surface area contributed by atoms with E-state index in [4.69, 9.17) is 5.73 Å². The highest BCUT2D eigenvalue weighted by atomic mass is 32.1. The molecule has 1 aromatic carbocycles. The minimum Gasteiger partial charge on any atom is -0.375 e. The summed E-state index contributed by atoms with van der Waals surface area (Å²) < 4.78 is 0. The smallest absolute Gasteiger partial charge is 0.180 e. The van der Waals surface area contributed by atoms with Gasteiger partial charge in [-0.1, -0.05) is 24.3 Å². The summed E-state index contributed by atoms with van der Waals surface area (Å²) in [6.07, 6.45) is 4.46. The number of aromatic nitrogens is 1. The number of aryl methyl sites for hydroxylation is 1. The number of nitrogen functional groups attached to an aromatic ring is 1. The topological polar surface area (TPSA) is 56.0 Å². The van der Waals surface area contributed by atoms with Crippen LogP contribution < -0.4 is 5.73 Å². The van der Waals surface area contributed by atoms with Crippen molar-refractivity contribution in [1.29, 1.82) is 0 Å². The molecule has 104 valence electrons. The second-order valence-electron chi connectivity index (χ2n) is 5.38. The molecule has 0 amide bonds. The molecule has 0 saturated carbocycles. The van der Waals surface area contributed by atoms with Crippen LogP contribution in [0.3, 0.4) is 0 Å². The molecule has 1 aliphatic rings. The van der Waals surface area contributed by atoms with Gasteiger partial charge in [-0.25, -0.2) is 4.98 Å². The van der Waals surface area contributed by atoms with Crippen LogP contribution in [0.2, 0.25) is 0 Å². The van der Waals surface area contributed by atoms with E-state index in [2.05, 4.69) is 29.2 Å². The van der Waals surface area contributed by atoms with Crippen LogP contribution in [0.4, 0.5) is 5.13 Å². The largest absolute Gasteiger partial charge is 0.375 e. The maximum absolute atomic E-state index is 12.2. The number of carbonyl (C=O) groups is 1. The van der Waals surface area contributed by atoms with Gasteiger partial charge in [0.05, 0.1) is 5.69 Å². The zero-order chi connectivity index (χ0) is 13.9. The van der Waals surface area contributed by atoms with Crippen molar-refractivity contribution < 1.29 is 4.79 Å². The first-order chi connectivity index (χ1) is 9.72. The second-order valence-corrected chi connectivity index (χ2v) is 6.27. The molecule has 0 spiro atoms. The molecule has 1 atom stereocenters. The molecule has 1 heterocycles. The van der Waals surface area contributed by atoms with Crippen molar-refractivity contribution in [1.82, 2.24) is 4.98 Å². The molecule has 0 aliphatic heterocycles. The summed E-state index contributed by atoms with van der Waals surface area (Å²) in [6.45, 7) is 0. The highest BCUT2D eigenvalue weighted by molar-refractivity contribution is 7.13. The van der Waals surface area contributed by atoms with Crippen molar-refractivity contribution in [3.63, 3.8) is 0 Å². The quantitative estimate of drug-likeness (QED) is 0.937. The third-order valence-corrected chi connectivity index (χ3v) is 4.64. The molecule has 0 fully saturated rings. The fourth-order valence-corrected chi connectivity index (χ4v) is 3.58. The van der Waals surface area contributed by atoms with Gasteiger partial charge < -0.3 is 5.73 Å². The fraction of sp³-hybridized carbons (Fsp3) is 0.375. The van der Waals surface area contributed by atoms with E-state index in [1.165, 1.54) is 28.9 Å². The molecule has 1 unspecified atom stereocenters. The van der Waals surface area contributed by atoms with Gasteiger partial charge in [-0.15, -0.1) is 11.3 Å². The van der Waals surface area contributed by atoms with Crippen molar-refractivity contribution in [3.8, 4) is 0 Å². The van der Waals surface area contributed by atoms with Gasteiger partial charge in [-0.05, 0) is 36.3 Å². The van der Waals surface area contributed by atoms with Crippen LogP contribution in [0.15, 0.2) is 29.6 Å². The van der Waals surface area contributed by atoms with Gasteiger partial charge in [0.1, 0.15) is 5.78 Å². The maximum atomic E-state index is 12.2. The summed E-state index contributed by atoms with van der Waals surface area (Å²) >= 11 is 1.40. The van der Waals surface area contributed by atoms with Crippen molar-refractivity contribution in [2.24, 2.45) is 0 Å². The lowest BCUT2D eigenvalue weighted by Gasteiger charge is -2.24. The molecular weight excluding hydrogens is 268 g/mol. The lowest BCUT2D eigenvalue weighted by molar-refractivity contribution is -0.118. The van der Waals surface area contributed by atoms with E-state index in [0.29, 0.717) is 23.9 Å². The molecule has 0 radical (unpaired) electrons. The highest BCUT2D eigenvalue weighted by Crippen LogP contribution is 2.34. The van der Waals surface area contributed by atoms with Gasteiger partial charge in [0.2, 0.25) is 0 Å². The van der Waals surface area contributed by atoms with Gasteiger partial charge in [0, 0.05) is 18.2 Å². The average molecular weight is 286 g/mol. The Hall–Kier alpha value is -1.68. The fourth-order valence-electron chi connectivity index (χ4n) is 3.02. The van der Waals surface area contributed by atoms with Crippen LogP contribution in [-0.2, 0) is 17.6 Å². The van der Waals surface area contributed by atoms with Crippen molar-refractivity contribution in [2.75, 3.05) is 5.73 Å². The first-order valence-corrected chi connectivity index (χ1v) is 7.89. The minimum absolute atomic E-state index is 0.261. The molecule has 1 aliphatic carbocycles. The first-order valence-electron chi connectivity index (χ1n) is 7.02. The van der Waals surface area contributed by atoms with E-state index in [0.717, 1.165) is 18.5 Å². The molecule has 3 nitrogen and oxygen atoms in total. The Kier molecular flexibility index (Phi) is 3.83. The van der Waals surface area contributed by atoms with E-state index in [1.807, 2.05) is 5.38 Å². The number of hydrogen-bond acceptors (Lipinski definition) is 4. The molecule has 4 heteroatoms. The van der Waals surface area contributed by atoms with Gasteiger partial charge in [-0.2, -0.15) is 0 Å². The Morgan fingerprint density at radius 2 is 2.25 bits per heavy atom. The van der Waals surface area contributed by atoms with Crippen LogP contribution in [0.5, 0.6) is 0 Å². The SMILES string of the molecule is Nc1nc(CC(=O)CC2CCCc3ccccc32)cs1. The number of rotatable bonds is 4. The van der Waals surface area contributed by atoms with E-state index >= 15 is 0 Å². The van der Waals surface area contributed by atoms with Crippen LogP contribution in [-0.4, -0.2) is 10.8 Å². The lowest BCUT2D eigenvalue weighted by atomic mass is 9.80. The van der Waals surface area contributed by atoms with Gasteiger partial charge in [0.15, 0.2) is 5.13 Å². The average Bonchev–Trinajstić information content (AvgIpc) is 2.84. The number of nitrogens with two attached hydrogens (primary N) is 1. The molecule has 1 aromatic heterocycles. The van der Waals surface area contributed by atoms with Gasteiger partial charge in [0.25, 0.3) is 0 Å². The van der Waals surface area contributed by atoms with Crippen LogP contribution in [0.1, 0.15) is 42.0 Å². The number of hydrogen-bond donors (Lipinski definition) is 1. The number of anilines is 1. The number of ketones is 1. The Morgan fingerprint density at radius 3 is 3.05 bits per heavy atom. The first kappa shape index (κ1) is 13.3. The summed E-state index contributed by atoms with van der Waals surface area (Å²) in [7, 11) is 0. The van der Waals surface area contributed by atoms with Crippen LogP contribution in [0.25, 0.3) is 0 Å². The molecule has 0 saturated heterocycles. The summed E-state index contributed by atoms with van der Waals surface area (Å²) in [6, 6.07) is 8.52. The number of thiazole rings is 1. The molecule has 0 bridgehead atoms. The normalized spacial score (nSPS) is 17.7. The summed E-state index contributed by atoms with van der Waals surface area (Å²) in [5.41, 5.74) is 9.18. The Labute approximate surface area is 122 Å². The third-order valence-electron chi connectivity index (χ3n) is 3.92. The zero-order valence-corrected chi connectivity index (χ0v) is 12.2. The second kappa shape index (κ2) is 5.75. The number of Topliss-reactive ketones (excluding diaryl/α,β-unsaturated/α-hetero) is 1. The van der Waals surface area contributed by atoms with E-state index in [9.17, 15) is 4.79 Å². The maximum Gasteiger partial charge on any atom is 0.180 e.